The van der Waals surface area contributed by atoms with Gasteiger partial charge < -0.3 is 10.6 Å². The number of anilines is 1. The van der Waals surface area contributed by atoms with Crippen LogP contribution in [0.15, 0.2) is 30.3 Å². The van der Waals surface area contributed by atoms with Gasteiger partial charge in [-0.3, -0.25) is 0 Å². The van der Waals surface area contributed by atoms with E-state index in [1.54, 1.807) is 0 Å². The van der Waals surface area contributed by atoms with Crippen LogP contribution < -0.4 is 10.6 Å². The first-order valence-electron chi connectivity index (χ1n) is 6.86. The Bertz CT molecular complexity index is 561. The third-order valence-corrected chi connectivity index (χ3v) is 3.43. The number of aromatic nitrogens is 1. The van der Waals surface area contributed by atoms with E-state index in [1.807, 2.05) is 19.1 Å². The second-order valence-corrected chi connectivity index (χ2v) is 5.55. The molecule has 0 saturated carbocycles. The normalized spacial score (nSPS) is 12.9. The first kappa shape index (κ1) is 13.8. The topological polar surface area (TPSA) is 42.1 Å². The molecule has 0 spiro atoms. The van der Waals surface area contributed by atoms with E-state index >= 15 is 0 Å². The summed E-state index contributed by atoms with van der Waals surface area (Å²) in [6, 6.07) is 11.0. The number of hydrogen-bond acceptors (Lipinski definition) is 3. The SMILES string of the molecule is CC(N)Cc1cc2ccccc2nc1N(C)C(C)C. The minimum atomic E-state index is 0.141. The lowest BCUT2D eigenvalue weighted by molar-refractivity contribution is 0.710. The van der Waals surface area contributed by atoms with Gasteiger partial charge in [-0.1, -0.05) is 18.2 Å². The van der Waals surface area contributed by atoms with Crippen molar-refractivity contribution in [3.05, 3.63) is 35.9 Å². The van der Waals surface area contributed by atoms with Gasteiger partial charge in [-0.05, 0) is 44.9 Å². The van der Waals surface area contributed by atoms with E-state index in [0.717, 1.165) is 17.8 Å². The molecule has 3 heteroatoms. The Balaban J connectivity index is 2.56. The van der Waals surface area contributed by atoms with E-state index in [-0.39, 0.29) is 6.04 Å². The molecule has 1 heterocycles. The second-order valence-electron chi connectivity index (χ2n) is 5.55. The van der Waals surface area contributed by atoms with Gasteiger partial charge in [-0.2, -0.15) is 0 Å². The molecule has 0 amide bonds. The molecule has 1 aromatic heterocycles. The molecule has 0 saturated heterocycles. The summed E-state index contributed by atoms with van der Waals surface area (Å²) in [5.41, 5.74) is 8.23. The minimum Gasteiger partial charge on any atom is -0.357 e. The van der Waals surface area contributed by atoms with Gasteiger partial charge in [0, 0.05) is 24.5 Å². The molecule has 1 atom stereocenters. The van der Waals surface area contributed by atoms with Crippen LogP contribution in [0.3, 0.4) is 0 Å². The molecule has 19 heavy (non-hydrogen) atoms. The van der Waals surface area contributed by atoms with Crippen molar-refractivity contribution in [1.82, 2.24) is 4.98 Å². The standard InChI is InChI=1S/C16H23N3/c1-11(2)19(4)16-14(9-12(3)17)10-13-7-5-6-8-15(13)18-16/h5-8,10-12H,9,17H2,1-4H3. The Labute approximate surface area is 115 Å². The van der Waals surface area contributed by atoms with Crippen LogP contribution in [0.2, 0.25) is 0 Å². The summed E-state index contributed by atoms with van der Waals surface area (Å²) < 4.78 is 0. The molecule has 0 fully saturated rings. The predicted molar refractivity (Wildman–Crippen MR) is 82.6 cm³/mol. The van der Waals surface area contributed by atoms with Crippen molar-refractivity contribution in [2.75, 3.05) is 11.9 Å². The van der Waals surface area contributed by atoms with E-state index in [9.17, 15) is 0 Å². The maximum Gasteiger partial charge on any atom is 0.132 e. The minimum absolute atomic E-state index is 0.141. The van der Waals surface area contributed by atoms with Crippen LogP contribution in [0.5, 0.6) is 0 Å². The average molecular weight is 257 g/mol. The maximum atomic E-state index is 5.97. The molecule has 0 aliphatic heterocycles. The molecule has 3 nitrogen and oxygen atoms in total. The lowest BCUT2D eigenvalue weighted by atomic mass is 10.0. The van der Waals surface area contributed by atoms with Gasteiger partial charge in [0.05, 0.1) is 5.52 Å². The summed E-state index contributed by atoms with van der Waals surface area (Å²) in [5, 5.41) is 1.18. The lowest BCUT2D eigenvalue weighted by Gasteiger charge is -2.26. The second kappa shape index (κ2) is 5.57. The number of para-hydroxylation sites is 1. The number of nitrogens with zero attached hydrogens (tertiary/aromatic N) is 2. The summed E-state index contributed by atoms with van der Waals surface area (Å²) in [7, 11) is 2.09. The third kappa shape index (κ3) is 3.04. The zero-order valence-electron chi connectivity index (χ0n) is 12.2. The molecule has 2 rings (SSSR count). The fourth-order valence-electron chi connectivity index (χ4n) is 2.20. The number of hydrogen-bond donors (Lipinski definition) is 1. The molecule has 2 aromatic rings. The van der Waals surface area contributed by atoms with Crippen LogP contribution in [0.4, 0.5) is 5.82 Å². The zero-order chi connectivity index (χ0) is 14.0. The summed E-state index contributed by atoms with van der Waals surface area (Å²) >= 11 is 0. The van der Waals surface area contributed by atoms with Gasteiger partial charge in [0.25, 0.3) is 0 Å². The van der Waals surface area contributed by atoms with Crippen LogP contribution in [-0.4, -0.2) is 24.1 Å². The molecular weight excluding hydrogens is 234 g/mol. The summed E-state index contributed by atoms with van der Waals surface area (Å²) in [5.74, 6) is 1.05. The highest BCUT2D eigenvalue weighted by molar-refractivity contribution is 5.81. The maximum absolute atomic E-state index is 5.97. The van der Waals surface area contributed by atoms with Gasteiger partial charge in [-0.15, -0.1) is 0 Å². The van der Waals surface area contributed by atoms with Crippen molar-refractivity contribution in [3.63, 3.8) is 0 Å². The zero-order valence-corrected chi connectivity index (χ0v) is 12.2. The van der Waals surface area contributed by atoms with E-state index < -0.39 is 0 Å². The highest BCUT2D eigenvalue weighted by atomic mass is 15.2. The van der Waals surface area contributed by atoms with Crippen LogP contribution in [0.1, 0.15) is 26.3 Å². The van der Waals surface area contributed by atoms with Crippen LogP contribution in [0.25, 0.3) is 10.9 Å². The molecule has 1 aromatic carbocycles. The molecule has 102 valence electrons. The summed E-state index contributed by atoms with van der Waals surface area (Å²) in [6.45, 7) is 6.38. The quantitative estimate of drug-likeness (QED) is 0.915. The predicted octanol–water partition coefficient (Wildman–Crippen LogP) is 2.97. The number of fused-ring (bicyclic) bond motifs is 1. The van der Waals surface area contributed by atoms with E-state index in [4.69, 9.17) is 10.7 Å². The molecule has 0 radical (unpaired) electrons. The fourth-order valence-corrected chi connectivity index (χ4v) is 2.20. The van der Waals surface area contributed by atoms with Crippen molar-refractivity contribution >= 4 is 16.7 Å². The summed E-state index contributed by atoms with van der Waals surface area (Å²) in [6.07, 6.45) is 0.851. The Kier molecular flexibility index (Phi) is 4.05. The van der Waals surface area contributed by atoms with Gasteiger partial charge in [0.2, 0.25) is 0 Å². The van der Waals surface area contributed by atoms with Crippen molar-refractivity contribution in [2.24, 2.45) is 5.73 Å². The van der Waals surface area contributed by atoms with Gasteiger partial charge in [0.15, 0.2) is 0 Å². The third-order valence-electron chi connectivity index (χ3n) is 3.43. The molecular formula is C16H23N3. The van der Waals surface area contributed by atoms with E-state index in [2.05, 4.69) is 44.0 Å². The first-order valence-corrected chi connectivity index (χ1v) is 6.86. The fraction of sp³-hybridized carbons (Fsp3) is 0.438. The number of rotatable bonds is 4. The Morgan fingerprint density at radius 3 is 2.53 bits per heavy atom. The Hall–Kier alpha value is -1.61. The van der Waals surface area contributed by atoms with Crippen LogP contribution in [-0.2, 0) is 6.42 Å². The highest BCUT2D eigenvalue weighted by Gasteiger charge is 2.14. The number of nitrogens with two attached hydrogens (primary N) is 1. The van der Waals surface area contributed by atoms with Gasteiger partial charge in [0.1, 0.15) is 5.82 Å². The highest BCUT2D eigenvalue weighted by Crippen LogP contribution is 2.25. The molecule has 0 bridgehead atoms. The molecule has 0 aliphatic carbocycles. The Morgan fingerprint density at radius 2 is 1.89 bits per heavy atom. The number of benzene rings is 1. The van der Waals surface area contributed by atoms with E-state index in [0.29, 0.717) is 6.04 Å². The monoisotopic (exact) mass is 257 g/mol. The van der Waals surface area contributed by atoms with Crippen molar-refractivity contribution in [3.8, 4) is 0 Å². The first-order chi connectivity index (χ1) is 8.99. The van der Waals surface area contributed by atoms with Crippen LogP contribution >= 0.6 is 0 Å². The van der Waals surface area contributed by atoms with Crippen LogP contribution in [0, 0.1) is 0 Å². The van der Waals surface area contributed by atoms with Gasteiger partial charge in [-0.25, -0.2) is 4.98 Å². The van der Waals surface area contributed by atoms with Crippen molar-refractivity contribution in [2.45, 2.75) is 39.3 Å². The molecule has 1 unspecified atom stereocenters. The summed E-state index contributed by atoms with van der Waals surface area (Å²) in [4.78, 5) is 7.03. The lowest BCUT2D eigenvalue weighted by Crippen LogP contribution is -2.29. The van der Waals surface area contributed by atoms with E-state index in [1.165, 1.54) is 10.9 Å². The van der Waals surface area contributed by atoms with Crippen molar-refractivity contribution < 1.29 is 0 Å². The molecule has 2 N–H and O–H groups in total. The molecule has 0 aliphatic rings. The van der Waals surface area contributed by atoms with Crippen molar-refractivity contribution in [1.29, 1.82) is 0 Å². The smallest absolute Gasteiger partial charge is 0.132 e. The largest absolute Gasteiger partial charge is 0.357 e. The Morgan fingerprint density at radius 1 is 1.21 bits per heavy atom. The average Bonchev–Trinajstić information content (AvgIpc) is 2.36. The number of pyridine rings is 1. The van der Waals surface area contributed by atoms with Gasteiger partial charge >= 0.3 is 0 Å².